The molecule has 0 heterocycles. The van der Waals surface area contributed by atoms with Crippen LogP contribution in [0.2, 0.25) is 0 Å². The Balaban J connectivity index is 2.05. The van der Waals surface area contributed by atoms with Gasteiger partial charge in [0.1, 0.15) is 0 Å². The number of aliphatic carboxylic acids is 1. The average Bonchev–Trinajstić information content (AvgIpc) is 2.48. The van der Waals surface area contributed by atoms with E-state index in [1.165, 1.54) is 0 Å². The molecule has 2 fully saturated rings. The number of hydrogen-bond donors (Lipinski definition) is 2. The molecule has 0 spiro atoms. The topological polar surface area (TPSA) is 63.3 Å². The fraction of sp³-hybridized carbons (Fsp3) is 0.857. The Hall–Kier alpha value is -0.570. The highest BCUT2D eigenvalue weighted by Gasteiger charge is 2.60. The normalized spacial score (nSPS) is 50.5. The van der Waals surface area contributed by atoms with Crippen molar-refractivity contribution >= 4 is 5.97 Å². The van der Waals surface area contributed by atoms with E-state index in [-0.39, 0.29) is 12.0 Å². The van der Waals surface area contributed by atoms with Crippen molar-refractivity contribution in [2.45, 2.75) is 18.9 Å². The third-order valence-corrected chi connectivity index (χ3v) is 2.84. The van der Waals surface area contributed by atoms with Gasteiger partial charge >= 0.3 is 5.97 Å². The van der Waals surface area contributed by atoms with Gasteiger partial charge in [-0.2, -0.15) is 0 Å². The number of rotatable bonds is 1. The predicted molar refractivity (Wildman–Crippen MR) is 35.3 cm³/mol. The van der Waals surface area contributed by atoms with Gasteiger partial charge in [-0.05, 0) is 24.7 Å². The molecule has 4 unspecified atom stereocenters. The summed E-state index contributed by atoms with van der Waals surface area (Å²) in [5.41, 5.74) is 5.68. The number of hydrogen-bond acceptors (Lipinski definition) is 2. The Labute approximate surface area is 59.2 Å². The van der Waals surface area contributed by atoms with Crippen molar-refractivity contribution in [3.05, 3.63) is 0 Å². The van der Waals surface area contributed by atoms with Gasteiger partial charge in [-0.1, -0.05) is 0 Å². The van der Waals surface area contributed by atoms with E-state index in [4.69, 9.17) is 10.8 Å². The molecule has 10 heavy (non-hydrogen) atoms. The largest absolute Gasteiger partial charge is 0.481 e. The van der Waals surface area contributed by atoms with Crippen LogP contribution in [0.5, 0.6) is 0 Å². The highest BCUT2D eigenvalue weighted by Crippen LogP contribution is 2.56. The van der Waals surface area contributed by atoms with Gasteiger partial charge in [0.05, 0.1) is 5.92 Å². The molecule has 2 rings (SSSR count). The molecular weight excluding hydrogens is 130 g/mol. The van der Waals surface area contributed by atoms with E-state index < -0.39 is 5.97 Å². The Morgan fingerprint density at radius 1 is 1.50 bits per heavy atom. The molecule has 2 aliphatic carbocycles. The second-order valence-corrected chi connectivity index (χ2v) is 3.35. The number of carboxylic acids is 1. The van der Waals surface area contributed by atoms with Gasteiger partial charge in [0.2, 0.25) is 0 Å². The fourth-order valence-electron chi connectivity index (χ4n) is 2.28. The zero-order valence-corrected chi connectivity index (χ0v) is 5.66. The molecule has 3 heteroatoms. The summed E-state index contributed by atoms with van der Waals surface area (Å²) in [6, 6.07) is 0.172. The van der Waals surface area contributed by atoms with Gasteiger partial charge in [0.15, 0.2) is 0 Å². The van der Waals surface area contributed by atoms with Crippen LogP contribution >= 0.6 is 0 Å². The third kappa shape index (κ3) is 0.611. The van der Waals surface area contributed by atoms with Crippen molar-refractivity contribution in [3.63, 3.8) is 0 Å². The lowest BCUT2D eigenvalue weighted by Gasteiger charge is -2.03. The summed E-state index contributed by atoms with van der Waals surface area (Å²) >= 11 is 0. The lowest BCUT2D eigenvalue weighted by molar-refractivity contribution is -0.139. The van der Waals surface area contributed by atoms with Crippen LogP contribution in [-0.2, 0) is 4.79 Å². The molecule has 0 radical (unpaired) electrons. The minimum Gasteiger partial charge on any atom is -0.481 e. The zero-order chi connectivity index (χ0) is 7.30. The number of carboxylic acid groups (broad SMARTS) is 1. The van der Waals surface area contributed by atoms with Crippen molar-refractivity contribution in [1.82, 2.24) is 0 Å². The monoisotopic (exact) mass is 141 g/mol. The van der Waals surface area contributed by atoms with Gasteiger partial charge in [0.25, 0.3) is 0 Å². The summed E-state index contributed by atoms with van der Waals surface area (Å²) in [5, 5.41) is 8.62. The second kappa shape index (κ2) is 1.72. The first-order valence-electron chi connectivity index (χ1n) is 3.70. The van der Waals surface area contributed by atoms with Crippen molar-refractivity contribution in [2.75, 3.05) is 0 Å². The molecule has 4 atom stereocenters. The van der Waals surface area contributed by atoms with Crippen LogP contribution in [0.1, 0.15) is 12.8 Å². The van der Waals surface area contributed by atoms with E-state index in [9.17, 15) is 4.79 Å². The SMILES string of the molecule is NC1CCC2C(C(=O)O)C12. The summed E-state index contributed by atoms with van der Waals surface area (Å²) in [5.74, 6) is -0.00102. The van der Waals surface area contributed by atoms with E-state index in [1.807, 2.05) is 0 Å². The Kier molecular flexibility index (Phi) is 1.06. The standard InChI is InChI=1S/C7H11NO2/c8-4-2-1-3-5(4)6(3)7(9)10/h3-6H,1-2,8H2,(H,9,10). The van der Waals surface area contributed by atoms with Crippen molar-refractivity contribution in [1.29, 1.82) is 0 Å². The van der Waals surface area contributed by atoms with Crippen LogP contribution in [0, 0.1) is 17.8 Å². The summed E-state index contributed by atoms with van der Waals surface area (Å²) in [6.07, 6.45) is 2.06. The summed E-state index contributed by atoms with van der Waals surface area (Å²) in [4.78, 5) is 10.5. The van der Waals surface area contributed by atoms with Crippen molar-refractivity contribution < 1.29 is 9.90 Å². The quantitative estimate of drug-likeness (QED) is 0.542. The van der Waals surface area contributed by atoms with E-state index in [1.54, 1.807) is 0 Å². The molecule has 3 N–H and O–H groups in total. The van der Waals surface area contributed by atoms with Gasteiger partial charge in [-0.3, -0.25) is 4.79 Å². The second-order valence-electron chi connectivity index (χ2n) is 3.35. The lowest BCUT2D eigenvalue weighted by atomic mass is 10.1. The van der Waals surface area contributed by atoms with Crippen LogP contribution in [0.15, 0.2) is 0 Å². The van der Waals surface area contributed by atoms with Gasteiger partial charge in [-0.25, -0.2) is 0 Å². The van der Waals surface area contributed by atoms with Crippen LogP contribution < -0.4 is 5.73 Å². The minimum atomic E-state index is -0.648. The fourth-order valence-corrected chi connectivity index (χ4v) is 2.28. The molecule has 0 aromatic rings. The molecule has 56 valence electrons. The highest BCUT2D eigenvalue weighted by molar-refractivity contribution is 5.74. The maximum absolute atomic E-state index is 10.5. The van der Waals surface area contributed by atoms with E-state index in [2.05, 4.69) is 0 Å². The van der Waals surface area contributed by atoms with E-state index >= 15 is 0 Å². The molecule has 0 bridgehead atoms. The van der Waals surface area contributed by atoms with Crippen LogP contribution in [0.4, 0.5) is 0 Å². The summed E-state index contributed by atoms with van der Waals surface area (Å²) in [7, 11) is 0. The first-order valence-corrected chi connectivity index (χ1v) is 3.70. The molecular formula is C7H11NO2. The molecule has 2 saturated carbocycles. The molecule has 0 saturated heterocycles. The molecule has 3 nitrogen and oxygen atoms in total. The number of nitrogens with two attached hydrogens (primary N) is 1. The van der Waals surface area contributed by atoms with Crippen molar-refractivity contribution in [2.24, 2.45) is 23.5 Å². The Morgan fingerprint density at radius 3 is 2.50 bits per heavy atom. The van der Waals surface area contributed by atoms with E-state index in [0.29, 0.717) is 11.8 Å². The molecule has 2 aliphatic rings. The molecule has 0 amide bonds. The summed E-state index contributed by atoms with van der Waals surface area (Å²) in [6.45, 7) is 0. The van der Waals surface area contributed by atoms with Crippen molar-refractivity contribution in [3.8, 4) is 0 Å². The smallest absolute Gasteiger partial charge is 0.307 e. The van der Waals surface area contributed by atoms with Gasteiger partial charge in [0, 0.05) is 6.04 Å². The van der Waals surface area contributed by atoms with Crippen LogP contribution in [0.25, 0.3) is 0 Å². The van der Waals surface area contributed by atoms with Gasteiger partial charge < -0.3 is 10.8 Å². The maximum Gasteiger partial charge on any atom is 0.307 e. The predicted octanol–water partition coefficient (Wildman–Crippen LogP) is 0.0543. The minimum absolute atomic E-state index is 0.0938. The number of fused-ring (bicyclic) bond motifs is 1. The first kappa shape index (κ1) is 6.16. The number of carbonyl (C=O) groups is 1. The first-order chi connectivity index (χ1) is 4.72. The molecule has 0 aromatic carbocycles. The average molecular weight is 141 g/mol. The zero-order valence-electron chi connectivity index (χ0n) is 5.66. The maximum atomic E-state index is 10.5. The van der Waals surface area contributed by atoms with Crippen LogP contribution in [-0.4, -0.2) is 17.1 Å². The highest BCUT2D eigenvalue weighted by atomic mass is 16.4. The third-order valence-electron chi connectivity index (χ3n) is 2.84. The summed E-state index contributed by atoms with van der Waals surface area (Å²) < 4.78 is 0. The Bertz CT molecular complexity index is 180. The van der Waals surface area contributed by atoms with Crippen LogP contribution in [0.3, 0.4) is 0 Å². The molecule has 0 aliphatic heterocycles. The molecule has 0 aromatic heterocycles. The van der Waals surface area contributed by atoms with E-state index in [0.717, 1.165) is 12.8 Å². The Morgan fingerprint density at radius 2 is 2.20 bits per heavy atom. The van der Waals surface area contributed by atoms with Gasteiger partial charge in [-0.15, -0.1) is 0 Å². The lowest BCUT2D eigenvalue weighted by Crippen LogP contribution is -2.22.